The van der Waals surface area contributed by atoms with Gasteiger partial charge in [0.15, 0.2) is 0 Å². The Kier molecular flexibility index (Phi) is 4.64. The molecule has 0 radical (unpaired) electrons. The van der Waals surface area contributed by atoms with Crippen LogP contribution in [0.25, 0.3) is 5.69 Å². The molecule has 1 aromatic heterocycles. The zero-order valence-corrected chi connectivity index (χ0v) is 14.0. The number of nitrogens with zero attached hydrogens (tertiary/aromatic N) is 3. The van der Waals surface area contributed by atoms with Crippen molar-refractivity contribution in [3.8, 4) is 5.69 Å². The highest BCUT2D eigenvalue weighted by atomic mass is 16.2. The predicted octanol–water partition coefficient (Wildman–Crippen LogP) is 1.92. The Hall–Kier alpha value is -2.63. The lowest BCUT2D eigenvalue weighted by atomic mass is 10.00. The minimum absolute atomic E-state index is 0.0907. The third-order valence-corrected chi connectivity index (χ3v) is 4.50. The Morgan fingerprint density at radius 3 is 2.54 bits per heavy atom. The second-order valence-electron chi connectivity index (χ2n) is 6.06. The monoisotopic (exact) mass is 326 g/mol. The molecular weight excluding hydrogens is 304 g/mol. The molecule has 1 aliphatic rings. The molecule has 1 N–H and O–H groups in total. The van der Waals surface area contributed by atoms with Gasteiger partial charge in [0.05, 0.1) is 5.69 Å². The Morgan fingerprint density at radius 1 is 1.17 bits per heavy atom. The van der Waals surface area contributed by atoms with Gasteiger partial charge in [0.2, 0.25) is 5.91 Å². The Morgan fingerprint density at radius 2 is 1.92 bits per heavy atom. The average Bonchev–Trinajstić information content (AvgIpc) is 3.06. The molecule has 3 rings (SSSR count). The average molecular weight is 326 g/mol. The molecule has 0 spiro atoms. The van der Waals surface area contributed by atoms with E-state index in [2.05, 4.69) is 10.4 Å². The van der Waals surface area contributed by atoms with Crippen LogP contribution in [0.15, 0.2) is 36.5 Å². The van der Waals surface area contributed by atoms with E-state index in [0.717, 1.165) is 30.6 Å². The van der Waals surface area contributed by atoms with E-state index >= 15 is 0 Å². The molecule has 6 nitrogen and oxygen atoms in total. The molecule has 2 heterocycles. The van der Waals surface area contributed by atoms with Crippen molar-refractivity contribution in [1.82, 2.24) is 20.0 Å². The normalized spacial score (nSPS) is 17.6. The minimum Gasteiger partial charge on any atom is -0.357 e. The van der Waals surface area contributed by atoms with Crippen molar-refractivity contribution in [2.24, 2.45) is 0 Å². The topological polar surface area (TPSA) is 67.2 Å². The number of hydrogen-bond donors (Lipinski definition) is 1. The summed E-state index contributed by atoms with van der Waals surface area (Å²) in [5.41, 5.74) is 2.54. The summed E-state index contributed by atoms with van der Waals surface area (Å²) in [5.74, 6) is -0.182. The molecule has 6 heteroatoms. The van der Waals surface area contributed by atoms with Crippen LogP contribution in [-0.4, -0.2) is 46.1 Å². The number of carbonyl (C=O) groups is 2. The third kappa shape index (κ3) is 3.04. The first-order chi connectivity index (χ1) is 11.6. The van der Waals surface area contributed by atoms with E-state index in [-0.39, 0.29) is 17.9 Å². The number of likely N-dealkylation sites (N-methyl/N-ethyl adjacent to an activating group) is 1. The van der Waals surface area contributed by atoms with Gasteiger partial charge in [0.25, 0.3) is 5.91 Å². The van der Waals surface area contributed by atoms with Gasteiger partial charge < -0.3 is 10.2 Å². The highest BCUT2D eigenvalue weighted by Gasteiger charge is 2.31. The van der Waals surface area contributed by atoms with E-state index in [9.17, 15) is 9.59 Å². The lowest BCUT2D eigenvalue weighted by Gasteiger charge is -2.34. The number of piperidine rings is 1. The third-order valence-electron chi connectivity index (χ3n) is 4.50. The van der Waals surface area contributed by atoms with Crippen LogP contribution in [0.2, 0.25) is 0 Å². The molecule has 1 atom stereocenters. The lowest BCUT2D eigenvalue weighted by molar-refractivity contribution is -0.126. The van der Waals surface area contributed by atoms with E-state index in [1.165, 1.54) is 0 Å². The fourth-order valence-corrected chi connectivity index (χ4v) is 3.16. The number of carbonyl (C=O) groups excluding carboxylic acids is 2. The molecule has 1 aliphatic heterocycles. The van der Waals surface area contributed by atoms with Gasteiger partial charge in [-0.05, 0) is 56.5 Å². The number of aromatic nitrogens is 2. The summed E-state index contributed by atoms with van der Waals surface area (Å²) in [6.45, 7) is 2.60. The van der Waals surface area contributed by atoms with Crippen LogP contribution in [0.5, 0.6) is 0 Å². The molecule has 24 heavy (non-hydrogen) atoms. The maximum absolute atomic E-state index is 12.8. The molecule has 2 aromatic rings. The SMILES string of the molecule is CNC(=O)C1CCCCN1C(=O)c1ccc(-n2nccc2C)cc1. The minimum atomic E-state index is -0.371. The zero-order valence-electron chi connectivity index (χ0n) is 14.0. The van der Waals surface area contributed by atoms with E-state index < -0.39 is 0 Å². The molecule has 0 saturated carbocycles. The number of aryl methyl sites for hydroxylation is 1. The second kappa shape index (κ2) is 6.86. The van der Waals surface area contributed by atoms with E-state index in [4.69, 9.17) is 0 Å². The van der Waals surface area contributed by atoms with Gasteiger partial charge in [-0.15, -0.1) is 0 Å². The molecule has 126 valence electrons. The van der Waals surface area contributed by atoms with Crippen molar-refractivity contribution in [2.45, 2.75) is 32.2 Å². The summed E-state index contributed by atoms with van der Waals surface area (Å²) in [5, 5.41) is 6.93. The van der Waals surface area contributed by atoms with Gasteiger partial charge in [0.1, 0.15) is 6.04 Å². The van der Waals surface area contributed by atoms with Crippen LogP contribution in [0, 0.1) is 6.92 Å². The fraction of sp³-hybridized carbons (Fsp3) is 0.389. The van der Waals surface area contributed by atoms with Crippen LogP contribution in [-0.2, 0) is 4.79 Å². The van der Waals surface area contributed by atoms with Crippen LogP contribution >= 0.6 is 0 Å². The Labute approximate surface area is 141 Å². The first kappa shape index (κ1) is 16.2. The molecular formula is C18H22N4O2. The summed E-state index contributed by atoms with van der Waals surface area (Å²) < 4.78 is 1.82. The van der Waals surface area contributed by atoms with Crippen LogP contribution in [0.1, 0.15) is 35.3 Å². The first-order valence-electron chi connectivity index (χ1n) is 8.25. The number of likely N-dealkylation sites (tertiary alicyclic amines) is 1. The predicted molar refractivity (Wildman–Crippen MR) is 91.0 cm³/mol. The fourth-order valence-electron chi connectivity index (χ4n) is 3.16. The number of amides is 2. The molecule has 1 aromatic carbocycles. The summed E-state index contributed by atoms with van der Waals surface area (Å²) in [7, 11) is 1.61. The number of benzene rings is 1. The van der Waals surface area contributed by atoms with Crippen molar-refractivity contribution in [3.63, 3.8) is 0 Å². The molecule has 1 saturated heterocycles. The largest absolute Gasteiger partial charge is 0.357 e. The molecule has 0 aliphatic carbocycles. The molecule has 0 bridgehead atoms. The van der Waals surface area contributed by atoms with Crippen LogP contribution < -0.4 is 5.32 Å². The van der Waals surface area contributed by atoms with Gasteiger partial charge in [-0.2, -0.15) is 5.10 Å². The standard InChI is InChI=1S/C18H22N4O2/c1-13-10-11-20-22(13)15-8-6-14(7-9-15)18(24)21-12-4-3-5-16(21)17(23)19-2/h6-11,16H,3-5,12H2,1-2H3,(H,19,23). The summed E-state index contributed by atoms with van der Waals surface area (Å²) in [4.78, 5) is 26.6. The van der Waals surface area contributed by atoms with E-state index in [0.29, 0.717) is 12.1 Å². The van der Waals surface area contributed by atoms with Crippen molar-refractivity contribution >= 4 is 11.8 Å². The number of hydrogen-bond acceptors (Lipinski definition) is 3. The Bertz CT molecular complexity index is 736. The van der Waals surface area contributed by atoms with E-state index in [1.54, 1.807) is 30.3 Å². The van der Waals surface area contributed by atoms with Gasteiger partial charge in [-0.1, -0.05) is 0 Å². The maximum atomic E-state index is 12.8. The van der Waals surface area contributed by atoms with Crippen LogP contribution in [0.4, 0.5) is 0 Å². The number of nitrogens with one attached hydrogen (secondary N) is 1. The van der Waals surface area contributed by atoms with Gasteiger partial charge in [0, 0.05) is 31.0 Å². The highest BCUT2D eigenvalue weighted by Crippen LogP contribution is 2.21. The van der Waals surface area contributed by atoms with Gasteiger partial charge >= 0.3 is 0 Å². The summed E-state index contributed by atoms with van der Waals surface area (Å²) in [6, 6.07) is 8.92. The Balaban J connectivity index is 1.81. The molecule has 1 unspecified atom stereocenters. The van der Waals surface area contributed by atoms with E-state index in [1.807, 2.05) is 29.8 Å². The molecule has 1 fully saturated rings. The van der Waals surface area contributed by atoms with Crippen molar-refractivity contribution in [3.05, 3.63) is 47.8 Å². The lowest BCUT2D eigenvalue weighted by Crippen LogP contribution is -2.51. The van der Waals surface area contributed by atoms with Crippen molar-refractivity contribution in [2.75, 3.05) is 13.6 Å². The maximum Gasteiger partial charge on any atom is 0.254 e. The van der Waals surface area contributed by atoms with Gasteiger partial charge in [-0.25, -0.2) is 4.68 Å². The smallest absolute Gasteiger partial charge is 0.254 e. The second-order valence-corrected chi connectivity index (χ2v) is 6.06. The summed E-state index contributed by atoms with van der Waals surface area (Å²) in [6.07, 6.45) is 4.37. The van der Waals surface area contributed by atoms with Crippen molar-refractivity contribution in [1.29, 1.82) is 0 Å². The first-order valence-corrected chi connectivity index (χ1v) is 8.25. The van der Waals surface area contributed by atoms with Crippen LogP contribution in [0.3, 0.4) is 0 Å². The van der Waals surface area contributed by atoms with Crippen molar-refractivity contribution < 1.29 is 9.59 Å². The zero-order chi connectivity index (χ0) is 17.1. The molecule has 2 amide bonds. The number of rotatable bonds is 3. The highest BCUT2D eigenvalue weighted by molar-refractivity contribution is 5.97. The quantitative estimate of drug-likeness (QED) is 0.937. The summed E-state index contributed by atoms with van der Waals surface area (Å²) >= 11 is 0. The van der Waals surface area contributed by atoms with Gasteiger partial charge in [-0.3, -0.25) is 9.59 Å².